The van der Waals surface area contributed by atoms with Crippen molar-refractivity contribution < 1.29 is 13.7 Å². The van der Waals surface area contributed by atoms with Crippen molar-refractivity contribution >= 4 is 23.3 Å². The number of hydrogen-bond donors (Lipinski definition) is 0. The zero-order valence-electron chi connectivity index (χ0n) is 17.4. The van der Waals surface area contributed by atoms with Gasteiger partial charge in [-0.3, -0.25) is 4.79 Å². The van der Waals surface area contributed by atoms with E-state index in [1.807, 2.05) is 26.0 Å². The first-order chi connectivity index (χ1) is 14.9. The largest absolute Gasteiger partial charge is 0.354 e. The highest BCUT2D eigenvalue weighted by Gasteiger charge is 2.24. The minimum absolute atomic E-state index is 0.0549. The highest BCUT2D eigenvalue weighted by molar-refractivity contribution is 6.31. The van der Waals surface area contributed by atoms with Crippen molar-refractivity contribution in [3.8, 4) is 11.5 Å². The molecule has 3 aromatic rings. The van der Waals surface area contributed by atoms with Gasteiger partial charge in [0.05, 0.1) is 10.6 Å². The molecule has 0 bridgehead atoms. The van der Waals surface area contributed by atoms with Crippen LogP contribution in [0.3, 0.4) is 0 Å². The van der Waals surface area contributed by atoms with Gasteiger partial charge in [0.1, 0.15) is 11.6 Å². The molecule has 0 unspecified atom stereocenters. The third kappa shape index (κ3) is 4.54. The summed E-state index contributed by atoms with van der Waals surface area (Å²) in [5, 5.41) is 4.00. The van der Waals surface area contributed by atoms with Gasteiger partial charge in [0.25, 0.3) is 11.8 Å². The number of carbonyl (C=O) groups is 1. The molecule has 1 aromatic carbocycles. The Morgan fingerprint density at radius 3 is 2.77 bits per heavy atom. The van der Waals surface area contributed by atoms with Gasteiger partial charge in [0.15, 0.2) is 5.82 Å². The maximum Gasteiger partial charge on any atom is 0.261 e. The summed E-state index contributed by atoms with van der Waals surface area (Å²) in [5.74, 6) is 1.30. The van der Waals surface area contributed by atoms with E-state index in [0.29, 0.717) is 36.9 Å². The Hall–Kier alpha value is -3.00. The number of nitrogens with zero attached hydrogens (tertiary/aromatic N) is 5. The maximum atomic E-state index is 13.4. The minimum Gasteiger partial charge on any atom is -0.354 e. The van der Waals surface area contributed by atoms with E-state index in [1.165, 1.54) is 18.2 Å². The summed E-state index contributed by atoms with van der Waals surface area (Å²) in [4.78, 5) is 25.8. The van der Waals surface area contributed by atoms with Gasteiger partial charge in [-0.25, -0.2) is 9.37 Å². The Bertz CT molecular complexity index is 1090. The second-order valence-electron chi connectivity index (χ2n) is 7.75. The molecular formula is C22H23ClFN5O2. The van der Waals surface area contributed by atoms with E-state index in [1.54, 1.807) is 11.1 Å². The van der Waals surface area contributed by atoms with E-state index >= 15 is 0 Å². The molecule has 1 saturated heterocycles. The van der Waals surface area contributed by atoms with Crippen LogP contribution in [0.25, 0.3) is 11.5 Å². The van der Waals surface area contributed by atoms with Crippen molar-refractivity contribution in [2.24, 2.45) is 0 Å². The van der Waals surface area contributed by atoms with Crippen molar-refractivity contribution in [1.29, 1.82) is 0 Å². The fourth-order valence-corrected chi connectivity index (χ4v) is 3.72. The second-order valence-corrected chi connectivity index (χ2v) is 8.16. The monoisotopic (exact) mass is 443 g/mol. The molecule has 0 saturated carbocycles. The third-order valence-corrected chi connectivity index (χ3v) is 5.51. The van der Waals surface area contributed by atoms with Gasteiger partial charge in [0.2, 0.25) is 0 Å². The lowest BCUT2D eigenvalue weighted by atomic mass is 10.2. The number of benzene rings is 1. The second kappa shape index (κ2) is 9.01. The Labute approximate surface area is 184 Å². The third-order valence-electron chi connectivity index (χ3n) is 5.22. The van der Waals surface area contributed by atoms with Gasteiger partial charge in [-0.2, -0.15) is 4.98 Å². The van der Waals surface area contributed by atoms with Crippen molar-refractivity contribution in [2.45, 2.75) is 26.2 Å². The summed E-state index contributed by atoms with van der Waals surface area (Å²) in [7, 11) is 0. The lowest BCUT2D eigenvalue weighted by Crippen LogP contribution is -2.35. The summed E-state index contributed by atoms with van der Waals surface area (Å²) in [5.41, 5.74) is 1.15. The zero-order valence-corrected chi connectivity index (χ0v) is 18.1. The van der Waals surface area contributed by atoms with Crippen LogP contribution in [-0.4, -0.2) is 52.1 Å². The molecule has 162 valence electrons. The normalized spacial score (nSPS) is 14.7. The fraction of sp³-hybridized carbons (Fsp3) is 0.364. The summed E-state index contributed by atoms with van der Waals surface area (Å²) in [6, 6.07) is 7.81. The van der Waals surface area contributed by atoms with Gasteiger partial charge in [-0.15, -0.1) is 0 Å². The molecule has 0 atom stereocenters. The quantitative estimate of drug-likeness (QED) is 0.595. The molecule has 1 fully saturated rings. The number of hydrogen-bond acceptors (Lipinski definition) is 6. The number of amides is 1. The average molecular weight is 444 g/mol. The van der Waals surface area contributed by atoms with E-state index in [9.17, 15) is 9.18 Å². The first-order valence-corrected chi connectivity index (χ1v) is 10.6. The molecule has 3 heterocycles. The Morgan fingerprint density at radius 1 is 1.19 bits per heavy atom. The number of carbonyl (C=O) groups excluding carboxylic acids is 1. The lowest BCUT2D eigenvalue weighted by molar-refractivity contribution is 0.0767. The molecule has 1 aliphatic rings. The van der Waals surface area contributed by atoms with Crippen LogP contribution in [0.15, 0.2) is 41.1 Å². The van der Waals surface area contributed by atoms with Crippen molar-refractivity contribution in [3.05, 3.63) is 58.8 Å². The molecule has 0 N–H and O–H groups in total. The van der Waals surface area contributed by atoms with Crippen molar-refractivity contribution in [2.75, 3.05) is 31.1 Å². The van der Waals surface area contributed by atoms with Crippen LogP contribution in [0, 0.1) is 5.82 Å². The Kier molecular flexibility index (Phi) is 6.18. The first kappa shape index (κ1) is 21.2. The number of anilines is 1. The zero-order chi connectivity index (χ0) is 22.0. The summed E-state index contributed by atoms with van der Waals surface area (Å²) in [6.07, 6.45) is 2.49. The van der Waals surface area contributed by atoms with Gasteiger partial charge in [0, 0.05) is 43.9 Å². The Morgan fingerprint density at radius 2 is 2.03 bits per heavy atom. The standard InChI is InChI=1S/C22H23ClFN5O2/c1-14(2)19-26-21(31-27-19)16-5-3-8-25-20(16)28-9-4-10-29(12-11-28)22(30)15-6-7-18(24)17(23)13-15/h3,5-8,13-14H,4,9-12H2,1-2H3. The highest BCUT2D eigenvalue weighted by Crippen LogP contribution is 2.29. The van der Waals surface area contributed by atoms with E-state index in [2.05, 4.69) is 20.0 Å². The van der Waals surface area contributed by atoms with Crippen LogP contribution < -0.4 is 4.90 Å². The van der Waals surface area contributed by atoms with Crippen LogP contribution in [0.2, 0.25) is 5.02 Å². The van der Waals surface area contributed by atoms with Gasteiger partial charge in [-0.05, 0) is 36.8 Å². The van der Waals surface area contributed by atoms with Gasteiger partial charge < -0.3 is 14.3 Å². The molecule has 9 heteroatoms. The number of halogens is 2. The molecule has 1 aliphatic heterocycles. The Balaban J connectivity index is 1.53. The number of aromatic nitrogens is 3. The van der Waals surface area contributed by atoms with E-state index in [0.717, 1.165) is 24.3 Å². The molecule has 1 amide bonds. The summed E-state index contributed by atoms with van der Waals surface area (Å²) >= 11 is 5.85. The molecule has 2 aromatic heterocycles. The number of pyridine rings is 1. The van der Waals surface area contributed by atoms with Gasteiger partial charge in [-0.1, -0.05) is 30.6 Å². The lowest BCUT2D eigenvalue weighted by Gasteiger charge is -2.24. The topological polar surface area (TPSA) is 75.4 Å². The number of rotatable bonds is 4. The predicted octanol–water partition coefficient (Wildman–Crippen LogP) is 4.40. The van der Waals surface area contributed by atoms with Crippen LogP contribution in [-0.2, 0) is 0 Å². The van der Waals surface area contributed by atoms with Crippen molar-refractivity contribution in [1.82, 2.24) is 20.0 Å². The van der Waals surface area contributed by atoms with Gasteiger partial charge >= 0.3 is 0 Å². The molecule has 31 heavy (non-hydrogen) atoms. The van der Waals surface area contributed by atoms with Crippen molar-refractivity contribution in [3.63, 3.8) is 0 Å². The van der Waals surface area contributed by atoms with Crippen LogP contribution in [0.5, 0.6) is 0 Å². The summed E-state index contributed by atoms with van der Waals surface area (Å²) < 4.78 is 18.9. The molecule has 0 spiro atoms. The molecule has 7 nitrogen and oxygen atoms in total. The van der Waals surface area contributed by atoms with Crippen LogP contribution in [0.4, 0.5) is 10.2 Å². The highest BCUT2D eigenvalue weighted by atomic mass is 35.5. The van der Waals surface area contributed by atoms with E-state index < -0.39 is 5.82 Å². The van der Waals surface area contributed by atoms with E-state index in [-0.39, 0.29) is 16.8 Å². The van der Waals surface area contributed by atoms with Crippen LogP contribution >= 0.6 is 11.6 Å². The average Bonchev–Trinajstić information content (AvgIpc) is 3.14. The maximum absolute atomic E-state index is 13.4. The first-order valence-electron chi connectivity index (χ1n) is 10.2. The fourth-order valence-electron chi connectivity index (χ4n) is 3.54. The predicted molar refractivity (Wildman–Crippen MR) is 116 cm³/mol. The minimum atomic E-state index is -0.537. The smallest absolute Gasteiger partial charge is 0.261 e. The molecule has 4 rings (SSSR count). The molecular weight excluding hydrogens is 421 g/mol. The molecule has 0 radical (unpaired) electrons. The summed E-state index contributed by atoms with van der Waals surface area (Å²) in [6.45, 7) is 6.43. The van der Waals surface area contributed by atoms with E-state index in [4.69, 9.17) is 16.1 Å². The molecule has 0 aliphatic carbocycles. The van der Waals surface area contributed by atoms with Crippen LogP contribution in [0.1, 0.15) is 42.4 Å². The SMILES string of the molecule is CC(C)c1noc(-c2cccnc2N2CCCN(C(=O)c3ccc(F)c(Cl)c3)CC2)n1.